The molecule has 0 aliphatic heterocycles. The first-order valence-corrected chi connectivity index (χ1v) is 4.05. The summed E-state index contributed by atoms with van der Waals surface area (Å²) in [5.41, 5.74) is 0. The van der Waals surface area contributed by atoms with Gasteiger partial charge in [0.1, 0.15) is 0 Å². The Labute approximate surface area is 68.6 Å². The summed E-state index contributed by atoms with van der Waals surface area (Å²) in [7, 11) is 3.99. The molecule has 0 aliphatic rings. The second-order valence-corrected chi connectivity index (χ2v) is 3.25. The molecule has 2 N–H and O–H groups in total. The van der Waals surface area contributed by atoms with E-state index in [-0.39, 0.29) is 0 Å². The average Bonchev–Trinajstić information content (AvgIpc) is 1.86. The predicted octanol–water partition coefficient (Wildman–Crippen LogP) is 0.0699. The van der Waals surface area contributed by atoms with Gasteiger partial charge in [0.2, 0.25) is 0 Å². The molecule has 0 saturated heterocycles. The quantitative estimate of drug-likeness (QED) is 0.599. The van der Waals surface area contributed by atoms with Crippen molar-refractivity contribution in [2.45, 2.75) is 32.0 Å². The van der Waals surface area contributed by atoms with Crippen LogP contribution in [-0.4, -0.2) is 48.0 Å². The molecule has 68 valence electrons. The fourth-order valence-corrected chi connectivity index (χ4v) is 0.858. The summed E-state index contributed by atoms with van der Waals surface area (Å²) >= 11 is 0. The van der Waals surface area contributed by atoms with Crippen LogP contribution in [0.1, 0.15) is 19.8 Å². The monoisotopic (exact) mass is 161 g/mol. The number of aliphatic hydroxyl groups excluding tert-OH is 2. The highest BCUT2D eigenvalue weighted by Gasteiger charge is 2.09. The number of nitrogens with zero attached hydrogens (tertiary/aromatic N) is 1. The lowest BCUT2D eigenvalue weighted by Gasteiger charge is -2.14. The van der Waals surface area contributed by atoms with Gasteiger partial charge in [-0.15, -0.1) is 0 Å². The van der Waals surface area contributed by atoms with E-state index < -0.39 is 12.2 Å². The molecule has 0 heterocycles. The summed E-state index contributed by atoms with van der Waals surface area (Å²) < 4.78 is 0. The molecule has 0 fully saturated rings. The van der Waals surface area contributed by atoms with E-state index in [9.17, 15) is 5.11 Å². The Morgan fingerprint density at radius 3 is 2.18 bits per heavy atom. The van der Waals surface area contributed by atoms with Crippen molar-refractivity contribution >= 4 is 0 Å². The van der Waals surface area contributed by atoms with Gasteiger partial charge in [0.25, 0.3) is 0 Å². The summed E-state index contributed by atoms with van der Waals surface area (Å²) in [6, 6.07) is 0. The van der Waals surface area contributed by atoms with Crippen molar-refractivity contribution in [1.29, 1.82) is 0 Å². The third-order valence-electron chi connectivity index (χ3n) is 1.66. The lowest BCUT2D eigenvalue weighted by atomic mass is 10.1. The van der Waals surface area contributed by atoms with E-state index in [0.717, 1.165) is 13.0 Å². The fraction of sp³-hybridized carbons (Fsp3) is 1.00. The Hall–Kier alpha value is -0.120. The molecule has 0 aromatic carbocycles. The summed E-state index contributed by atoms with van der Waals surface area (Å²) in [5.74, 6) is 0. The van der Waals surface area contributed by atoms with Gasteiger partial charge in [-0.05, 0) is 40.4 Å². The number of hydrogen-bond donors (Lipinski definition) is 2. The summed E-state index contributed by atoms with van der Waals surface area (Å²) in [6.45, 7) is 2.57. The molecular weight excluding hydrogens is 142 g/mol. The Bertz CT molecular complexity index is 94.1. The van der Waals surface area contributed by atoms with E-state index >= 15 is 0 Å². The van der Waals surface area contributed by atoms with Crippen molar-refractivity contribution in [3.63, 3.8) is 0 Å². The minimum atomic E-state index is -0.600. The SMILES string of the molecule is CC(O)C(O)CCCN(C)C. The van der Waals surface area contributed by atoms with Crippen LogP contribution in [0.15, 0.2) is 0 Å². The van der Waals surface area contributed by atoms with Crippen LogP contribution in [0.4, 0.5) is 0 Å². The van der Waals surface area contributed by atoms with Crippen LogP contribution in [0, 0.1) is 0 Å². The molecule has 0 saturated carbocycles. The number of aliphatic hydroxyl groups is 2. The normalized spacial score (nSPS) is 16.9. The van der Waals surface area contributed by atoms with Crippen molar-refractivity contribution in [1.82, 2.24) is 4.90 Å². The second kappa shape index (κ2) is 5.52. The van der Waals surface area contributed by atoms with Crippen LogP contribution in [0.5, 0.6) is 0 Å². The molecule has 0 bridgehead atoms. The Balaban J connectivity index is 3.24. The van der Waals surface area contributed by atoms with Gasteiger partial charge in [-0.3, -0.25) is 0 Å². The van der Waals surface area contributed by atoms with Crippen LogP contribution in [0.25, 0.3) is 0 Å². The first-order valence-electron chi connectivity index (χ1n) is 4.05. The van der Waals surface area contributed by atoms with E-state index in [0.29, 0.717) is 6.42 Å². The summed E-state index contributed by atoms with van der Waals surface area (Å²) in [6.07, 6.45) is 0.446. The third kappa shape index (κ3) is 6.28. The van der Waals surface area contributed by atoms with Crippen LogP contribution >= 0.6 is 0 Å². The molecule has 0 amide bonds. The van der Waals surface area contributed by atoms with E-state index in [1.807, 2.05) is 14.1 Å². The van der Waals surface area contributed by atoms with Crippen LogP contribution in [0.2, 0.25) is 0 Å². The van der Waals surface area contributed by atoms with E-state index in [1.165, 1.54) is 0 Å². The molecule has 0 aromatic rings. The van der Waals surface area contributed by atoms with E-state index in [2.05, 4.69) is 4.90 Å². The minimum absolute atomic E-state index is 0.560. The lowest BCUT2D eigenvalue weighted by Crippen LogP contribution is -2.24. The maximum Gasteiger partial charge on any atom is 0.0796 e. The van der Waals surface area contributed by atoms with Crippen molar-refractivity contribution in [2.75, 3.05) is 20.6 Å². The van der Waals surface area contributed by atoms with Gasteiger partial charge in [0.15, 0.2) is 0 Å². The van der Waals surface area contributed by atoms with Gasteiger partial charge >= 0.3 is 0 Å². The lowest BCUT2D eigenvalue weighted by molar-refractivity contribution is 0.0241. The Morgan fingerprint density at radius 2 is 1.82 bits per heavy atom. The van der Waals surface area contributed by atoms with Gasteiger partial charge in [0, 0.05) is 0 Å². The van der Waals surface area contributed by atoms with Crippen LogP contribution < -0.4 is 0 Å². The zero-order valence-corrected chi connectivity index (χ0v) is 7.62. The second-order valence-electron chi connectivity index (χ2n) is 3.25. The molecule has 0 radical (unpaired) electrons. The van der Waals surface area contributed by atoms with Crippen LogP contribution in [-0.2, 0) is 0 Å². The maximum atomic E-state index is 9.17. The van der Waals surface area contributed by atoms with E-state index in [1.54, 1.807) is 6.92 Å². The van der Waals surface area contributed by atoms with Gasteiger partial charge in [-0.25, -0.2) is 0 Å². The number of rotatable bonds is 5. The van der Waals surface area contributed by atoms with Gasteiger partial charge < -0.3 is 15.1 Å². The largest absolute Gasteiger partial charge is 0.391 e. The molecule has 11 heavy (non-hydrogen) atoms. The van der Waals surface area contributed by atoms with E-state index in [4.69, 9.17) is 5.11 Å². The fourth-order valence-electron chi connectivity index (χ4n) is 0.858. The van der Waals surface area contributed by atoms with Crippen molar-refractivity contribution in [3.05, 3.63) is 0 Å². The topological polar surface area (TPSA) is 43.7 Å². The average molecular weight is 161 g/mol. The molecule has 3 nitrogen and oxygen atoms in total. The van der Waals surface area contributed by atoms with Crippen molar-refractivity contribution < 1.29 is 10.2 Å². The molecule has 0 aliphatic carbocycles. The highest BCUT2D eigenvalue weighted by Crippen LogP contribution is 2.01. The minimum Gasteiger partial charge on any atom is -0.391 e. The predicted molar refractivity (Wildman–Crippen MR) is 45.5 cm³/mol. The Kier molecular flexibility index (Phi) is 5.46. The maximum absolute atomic E-state index is 9.17. The number of hydrogen-bond acceptors (Lipinski definition) is 3. The highest BCUT2D eigenvalue weighted by molar-refractivity contribution is 4.62. The van der Waals surface area contributed by atoms with Crippen LogP contribution in [0.3, 0.4) is 0 Å². The summed E-state index contributed by atoms with van der Waals surface area (Å²) in [4.78, 5) is 2.06. The molecule has 0 spiro atoms. The van der Waals surface area contributed by atoms with Crippen molar-refractivity contribution in [3.8, 4) is 0 Å². The first-order chi connectivity index (χ1) is 5.04. The smallest absolute Gasteiger partial charge is 0.0796 e. The van der Waals surface area contributed by atoms with Gasteiger partial charge in [-0.1, -0.05) is 0 Å². The van der Waals surface area contributed by atoms with Gasteiger partial charge in [0.05, 0.1) is 12.2 Å². The zero-order valence-electron chi connectivity index (χ0n) is 7.62. The Morgan fingerprint density at radius 1 is 1.27 bits per heavy atom. The van der Waals surface area contributed by atoms with Crippen molar-refractivity contribution in [2.24, 2.45) is 0 Å². The first kappa shape index (κ1) is 10.9. The molecule has 2 unspecified atom stereocenters. The molecule has 3 heteroatoms. The zero-order chi connectivity index (χ0) is 8.85. The highest BCUT2D eigenvalue weighted by atomic mass is 16.3. The molecular formula is C8H19NO2. The molecule has 0 aromatic heterocycles. The molecule has 2 atom stereocenters. The standard InChI is InChI=1S/C8H19NO2/c1-7(10)8(11)5-4-6-9(2)3/h7-8,10-11H,4-6H2,1-3H3. The third-order valence-corrected chi connectivity index (χ3v) is 1.66. The van der Waals surface area contributed by atoms with Gasteiger partial charge in [-0.2, -0.15) is 0 Å². The summed E-state index contributed by atoms with van der Waals surface area (Å²) in [5, 5.41) is 18.1. The molecule has 0 rings (SSSR count).